The van der Waals surface area contributed by atoms with Crippen molar-refractivity contribution in [2.24, 2.45) is 5.18 Å². The molecule has 0 aliphatic carbocycles. The summed E-state index contributed by atoms with van der Waals surface area (Å²) >= 11 is 2.91. The minimum atomic E-state index is -2.10. The fourth-order valence-electron chi connectivity index (χ4n) is 2.31. The van der Waals surface area contributed by atoms with E-state index in [1.165, 1.54) is 0 Å². The average molecular weight is 440 g/mol. The Morgan fingerprint density at radius 3 is 2.04 bits per heavy atom. The first-order valence-corrected chi connectivity index (χ1v) is 8.15. The lowest BCUT2D eigenvalue weighted by Crippen LogP contribution is -2.47. The Balaban J connectivity index is 3.25. The average Bonchev–Trinajstić information content (AvgIpc) is 2.76. The molecule has 12 heteroatoms. The number of ether oxygens (including phenoxy) is 5. The molecule has 1 heterocycles. The molecule has 0 N–H and O–H groups in total. The minimum absolute atomic E-state index is 0.452. The molecule has 1 saturated heterocycles. The molecule has 0 unspecified atom stereocenters. The Labute approximate surface area is 156 Å². The summed E-state index contributed by atoms with van der Waals surface area (Å²) in [6, 6.07) is 0. The maximum absolute atomic E-state index is 11.5. The Morgan fingerprint density at radius 2 is 1.62 bits per heavy atom. The van der Waals surface area contributed by atoms with Gasteiger partial charge in [0.05, 0.1) is 0 Å². The third-order valence-electron chi connectivity index (χ3n) is 3.13. The van der Waals surface area contributed by atoms with Crippen molar-refractivity contribution in [3.05, 3.63) is 4.91 Å². The van der Waals surface area contributed by atoms with Crippen LogP contribution in [0.3, 0.4) is 0 Å². The van der Waals surface area contributed by atoms with Crippen LogP contribution in [-0.2, 0) is 42.9 Å². The molecule has 0 amide bonds. The Kier molecular flexibility index (Phi) is 7.63. The lowest BCUT2D eigenvalue weighted by atomic mass is 10.1. The van der Waals surface area contributed by atoms with Crippen LogP contribution in [0.25, 0.3) is 0 Å². The zero-order valence-corrected chi connectivity index (χ0v) is 16.0. The first-order chi connectivity index (χ1) is 12.0. The van der Waals surface area contributed by atoms with Crippen molar-refractivity contribution in [1.82, 2.24) is 0 Å². The van der Waals surface area contributed by atoms with Crippen LogP contribution in [0.4, 0.5) is 0 Å². The zero-order chi connectivity index (χ0) is 20.1. The molecule has 26 heavy (non-hydrogen) atoms. The second-order valence-electron chi connectivity index (χ2n) is 5.34. The third kappa shape index (κ3) is 5.73. The van der Waals surface area contributed by atoms with E-state index in [4.69, 9.17) is 23.7 Å². The summed E-state index contributed by atoms with van der Waals surface area (Å²) in [5.74, 6) is -2.99. The van der Waals surface area contributed by atoms with Gasteiger partial charge >= 0.3 is 23.9 Å². The second-order valence-corrected chi connectivity index (χ2v) is 6.47. The van der Waals surface area contributed by atoms with Crippen molar-refractivity contribution in [3.63, 3.8) is 0 Å². The predicted molar refractivity (Wildman–Crippen MR) is 85.6 cm³/mol. The lowest BCUT2D eigenvalue weighted by Gasteiger charge is -2.27. The van der Waals surface area contributed by atoms with Gasteiger partial charge in [-0.1, -0.05) is 0 Å². The molecule has 1 fully saturated rings. The fraction of sp³-hybridized carbons (Fsp3) is 0.714. The van der Waals surface area contributed by atoms with E-state index < -0.39 is 59.5 Å². The summed E-state index contributed by atoms with van der Waals surface area (Å²) in [5, 5.41) is 2.75. The molecule has 1 aliphatic heterocycles. The highest BCUT2D eigenvalue weighted by atomic mass is 79.9. The van der Waals surface area contributed by atoms with Crippen molar-refractivity contribution in [2.45, 2.75) is 56.7 Å². The van der Waals surface area contributed by atoms with Gasteiger partial charge in [-0.05, 0) is 21.1 Å². The Bertz CT molecular complexity index is 596. The van der Waals surface area contributed by atoms with E-state index in [-0.39, 0.29) is 0 Å². The van der Waals surface area contributed by atoms with Crippen molar-refractivity contribution >= 4 is 39.8 Å². The molecule has 0 aromatic rings. The third-order valence-corrected chi connectivity index (χ3v) is 3.91. The maximum Gasteiger partial charge on any atom is 0.303 e. The van der Waals surface area contributed by atoms with E-state index in [0.29, 0.717) is 0 Å². The summed E-state index contributed by atoms with van der Waals surface area (Å²) in [4.78, 5) is 56.5. The molecular formula is C14H18BrNO10. The molecule has 0 spiro atoms. The maximum atomic E-state index is 11.5. The van der Waals surface area contributed by atoms with Crippen LogP contribution in [0.1, 0.15) is 27.7 Å². The second kappa shape index (κ2) is 9.03. The highest BCUT2D eigenvalue weighted by molar-refractivity contribution is 9.10. The Morgan fingerprint density at radius 1 is 1.04 bits per heavy atom. The number of esters is 4. The molecular weight excluding hydrogens is 422 g/mol. The molecule has 0 aromatic heterocycles. The van der Waals surface area contributed by atoms with E-state index in [2.05, 4.69) is 21.1 Å². The summed E-state index contributed by atoms with van der Waals surface area (Å²) in [6.07, 6.45) is -5.42. The molecule has 1 aliphatic rings. The molecule has 0 aromatic carbocycles. The molecule has 0 radical (unpaired) electrons. The normalized spacial score (nSPS) is 28.6. The summed E-state index contributed by atoms with van der Waals surface area (Å²) < 4.78 is 23.3. The van der Waals surface area contributed by atoms with Gasteiger partial charge in [-0.15, -0.1) is 4.91 Å². The fourth-order valence-corrected chi connectivity index (χ4v) is 2.88. The molecule has 5 atom stereocenters. The lowest BCUT2D eigenvalue weighted by molar-refractivity contribution is -0.176. The topological polar surface area (TPSA) is 144 Å². The molecule has 1 rings (SSSR count). The molecule has 11 nitrogen and oxygen atoms in total. The van der Waals surface area contributed by atoms with Crippen LogP contribution in [0.2, 0.25) is 0 Å². The van der Waals surface area contributed by atoms with Gasteiger partial charge in [0.1, 0.15) is 12.7 Å². The molecule has 0 bridgehead atoms. The largest absolute Gasteiger partial charge is 0.462 e. The van der Waals surface area contributed by atoms with Gasteiger partial charge in [-0.3, -0.25) is 19.2 Å². The number of rotatable bonds is 7. The van der Waals surface area contributed by atoms with Gasteiger partial charge in [0.25, 0.3) is 4.63 Å². The van der Waals surface area contributed by atoms with Crippen LogP contribution in [0, 0.1) is 4.91 Å². The van der Waals surface area contributed by atoms with Crippen LogP contribution in [0.5, 0.6) is 0 Å². The number of carbonyl (C=O) groups is 4. The quantitative estimate of drug-likeness (QED) is 0.181. The SMILES string of the molecule is CC(=O)OC[C@H](OC(C)=O)[C@H]1O[C@](Br)(N=O)[C@H](OC(C)=O)[C@H]1OC(C)=O. The first kappa shape index (κ1) is 22.0. The monoisotopic (exact) mass is 439 g/mol. The van der Waals surface area contributed by atoms with Crippen molar-refractivity contribution in [3.8, 4) is 0 Å². The van der Waals surface area contributed by atoms with Crippen LogP contribution in [0.15, 0.2) is 5.18 Å². The van der Waals surface area contributed by atoms with Crippen LogP contribution < -0.4 is 0 Å². The van der Waals surface area contributed by atoms with Crippen molar-refractivity contribution in [1.29, 1.82) is 0 Å². The number of alkyl halides is 1. The summed E-state index contributed by atoms with van der Waals surface area (Å²) in [6.45, 7) is 3.93. The zero-order valence-electron chi connectivity index (χ0n) is 14.4. The van der Waals surface area contributed by atoms with E-state index in [9.17, 15) is 24.1 Å². The number of halogens is 1. The van der Waals surface area contributed by atoms with Gasteiger partial charge in [0, 0.05) is 27.7 Å². The summed E-state index contributed by atoms with van der Waals surface area (Å²) in [7, 11) is 0. The van der Waals surface area contributed by atoms with Gasteiger partial charge < -0.3 is 23.7 Å². The first-order valence-electron chi connectivity index (χ1n) is 7.36. The minimum Gasteiger partial charge on any atom is -0.462 e. The Hall–Kier alpha value is -2.08. The van der Waals surface area contributed by atoms with E-state index in [1.807, 2.05) is 0 Å². The number of nitroso groups, excluding NO2 is 1. The number of nitrogens with zero attached hydrogens (tertiary/aromatic N) is 1. The van der Waals surface area contributed by atoms with Crippen LogP contribution >= 0.6 is 15.9 Å². The van der Waals surface area contributed by atoms with Crippen molar-refractivity contribution < 1.29 is 42.9 Å². The van der Waals surface area contributed by atoms with Crippen LogP contribution in [-0.4, -0.2) is 59.5 Å². The number of hydrogen-bond acceptors (Lipinski definition) is 11. The summed E-state index contributed by atoms with van der Waals surface area (Å²) in [5.41, 5.74) is 0. The predicted octanol–water partition coefficient (Wildman–Crippen LogP) is 0.558. The standard InChI is InChI=1S/C14H18BrNO10/c1-6(17)22-5-10(23-7(2)18)11-12(24-8(3)19)13(25-9(4)20)14(15,16-21)26-11/h10-13H,5H2,1-4H3/t10-,11+,12-,13+,14+/m0/s1. The highest BCUT2D eigenvalue weighted by Gasteiger charge is 2.62. The van der Waals surface area contributed by atoms with Gasteiger partial charge in [0.15, 0.2) is 12.2 Å². The van der Waals surface area contributed by atoms with Crippen molar-refractivity contribution in [2.75, 3.05) is 6.61 Å². The highest BCUT2D eigenvalue weighted by Crippen LogP contribution is 2.42. The van der Waals surface area contributed by atoms with Gasteiger partial charge in [-0.25, -0.2) is 0 Å². The number of carbonyl (C=O) groups excluding carboxylic acids is 4. The van der Waals surface area contributed by atoms with Gasteiger partial charge in [-0.2, -0.15) is 0 Å². The van der Waals surface area contributed by atoms with Gasteiger partial charge in [0.2, 0.25) is 6.10 Å². The van der Waals surface area contributed by atoms with E-state index in [0.717, 1.165) is 27.7 Å². The van der Waals surface area contributed by atoms with E-state index in [1.54, 1.807) is 0 Å². The number of hydrogen-bond donors (Lipinski definition) is 0. The smallest absolute Gasteiger partial charge is 0.303 e. The molecule has 0 saturated carbocycles. The van der Waals surface area contributed by atoms with E-state index >= 15 is 0 Å². The molecule has 146 valence electrons.